The summed E-state index contributed by atoms with van der Waals surface area (Å²) in [5.41, 5.74) is 7.69. The molecule has 9 rings (SSSR count). The lowest BCUT2D eigenvalue weighted by atomic mass is 9.37. The van der Waals surface area contributed by atoms with Gasteiger partial charge in [-0.25, -0.2) is 0 Å². The summed E-state index contributed by atoms with van der Waals surface area (Å²) < 4.78 is 5.20. The van der Waals surface area contributed by atoms with E-state index in [1.54, 1.807) is 25.5 Å². The van der Waals surface area contributed by atoms with E-state index >= 15 is 0 Å². The molecule has 68 heavy (non-hydrogen) atoms. The second-order valence-corrected chi connectivity index (χ2v) is 24.4. The number of phenols is 2. The molecule has 0 spiro atoms. The van der Waals surface area contributed by atoms with E-state index in [-0.39, 0.29) is 56.6 Å². The van der Waals surface area contributed by atoms with E-state index in [2.05, 4.69) is 67.5 Å². The Morgan fingerprint density at radius 2 is 1.40 bits per heavy atom. The zero-order valence-corrected chi connectivity index (χ0v) is 43.4. The lowest BCUT2D eigenvalue weighted by molar-refractivity contribution is -0.172. The van der Waals surface area contributed by atoms with Gasteiger partial charge in [0.15, 0.2) is 23.0 Å². The summed E-state index contributed by atoms with van der Waals surface area (Å²) in [6.07, 6.45) is 12.8. The van der Waals surface area contributed by atoms with Crippen molar-refractivity contribution in [1.29, 1.82) is 0 Å². The number of benzene rings is 3. The molecular weight excluding hydrogens is 849 g/mol. The standard InChI is InChI=1S/C30H36O5.C30H40O3/c1-16-18-8-9-20-23(19(18)14-21(31)24(16)32)17(2)25(33)30(6)22-15-28(4,26(34)35-7)11-10-27(22,3)12-13-29(20,30)5;1-18-8-9-22-19(2)27(33)26(32)16-23(22)21(18)10-11-24-25-17-30(7,20(3)31)15-14-29(25,6)13-12-28(24,4)5/h8-9,14,22,32H,10-13,15H2,1-7H3;8-9,16,32-33H,10-15,17H2,1-7H3/t22?,27-,28-,29-,30-;29-,30+/m10/s1. The van der Waals surface area contributed by atoms with Crippen LogP contribution in [0.5, 0.6) is 11.5 Å². The van der Waals surface area contributed by atoms with Crippen LogP contribution in [0.3, 0.4) is 0 Å². The SMILES string of the molecule is CC(=O)[C@]1(C)CC[C@]2(C)CCC(C)(C)C(CCc3c(C)ccc4c(C)c(O)c(O)cc34)=C2C1.COC(=O)[C@]1(C)CC[C@]2(C)CC[C@]3(C)c4ccc5c(c4=C(C)C(=O)[C@@]3(C)C2C1)=CC(=O)C(O)=C5C. The number of ketones is 3. The Kier molecular flexibility index (Phi) is 11.9. The smallest absolute Gasteiger partial charge is 0.311 e. The maximum atomic E-state index is 14.5. The van der Waals surface area contributed by atoms with Gasteiger partial charge in [-0.05, 0) is 196 Å². The first-order valence-electron chi connectivity index (χ1n) is 25.2. The predicted octanol–water partition coefficient (Wildman–Crippen LogP) is 11.8. The average molecular weight is 925 g/mol. The summed E-state index contributed by atoms with van der Waals surface area (Å²) >= 11 is 0. The van der Waals surface area contributed by atoms with E-state index in [9.17, 15) is 34.5 Å². The van der Waals surface area contributed by atoms with Gasteiger partial charge in [-0.2, -0.15) is 0 Å². The maximum Gasteiger partial charge on any atom is 0.311 e. The van der Waals surface area contributed by atoms with Gasteiger partial charge >= 0.3 is 5.97 Å². The largest absolute Gasteiger partial charge is 0.504 e. The number of hydrogen-bond donors (Lipinski definition) is 3. The van der Waals surface area contributed by atoms with Gasteiger partial charge in [-0.15, -0.1) is 0 Å². The van der Waals surface area contributed by atoms with Crippen LogP contribution in [0.15, 0.2) is 47.2 Å². The number of aliphatic hydroxyl groups excluding tert-OH is 1. The number of carbonyl (C=O) groups is 4. The highest BCUT2D eigenvalue weighted by Crippen LogP contribution is 2.68. The fraction of sp³-hybridized carbons (Fsp3) is 0.567. The Morgan fingerprint density at radius 3 is 2.06 bits per heavy atom. The number of hydrogen-bond acceptors (Lipinski definition) is 8. The Morgan fingerprint density at radius 1 is 0.750 bits per heavy atom. The van der Waals surface area contributed by atoms with E-state index in [1.807, 2.05) is 32.9 Å². The number of aromatic hydroxyl groups is 2. The lowest BCUT2D eigenvalue weighted by Gasteiger charge is -2.65. The molecule has 1 unspecified atom stereocenters. The van der Waals surface area contributed by atoms with E-state index in [0.717, 1.165) is 95.7 Å². The highest BCUT2D eigenvalue weighted by Gasteiger charge is 2.67. The summed E-state index contributed by atoms with van der Waals surface area (Å²) in [6, 6.07) is 9.99. The zero-order chi connectivity index (χ0) is 50.1. The van der Waals surface area contributed by atoms with Crippen LogP contribution in [0.1, 0.15) is 175 Å². The predicted molar refractivity (Wildman–Crippen MR) is 271 cm³/mol. The molecule has 0 amide bonds. The normalized spacial score (nSPS) is 32.7. The Labute approximate surface area is 404 Å². The molecule has 364 valence electrons. The monoisotopic (exact) mass is 925 g/mol. The molecule has 8 heteroatoms. The third-order valence-corrected chi connectivity index (χ3v) is 20.1. The Balaban J connectivity index is 0.000000184. The minimum absolute atomic E-state index is 0.0227. The molecule has 0 saturated heterocycles. The molecule has 0 aliphatic heterocycles. The minimum Gasteiger partial charge on any atom is -0.504 e. The third-order valence-electron chi connectivity index (χ3n) is 20.1. The van der Waals surface area contributed by atoms with Crippen LogP contribution >= 0.6 is 0 Å². The van der Waals surface area contributed by atoms with Crippen molar-refractivity contribution in [2.45, 2.75) is 172 Å². The Hall–Kier alpha value is -4.98. The molecule has 6 aliphatic carbocycles. The molecular formula is C60H76O8. The van der Waals surface area contributed by atoms with Crippen LogP contribution in [0.4, 0.5) is 0 Å². The fourth-order valence-electron chi connectivity index (χ4n) is 14.6. The van der Waals surface area contributed by atoms with Gasteiger partial charge in [0.25, 0.3) is 0 Å². The molecule has 0 heterocycles. The van der Waals surface area contributed by atoms with Crippen molar-refractivity contribution in [3.63, 3.8) is 0 Å². The number of fused-ring (bicyclic) bond motifs is 9. The van der Waals surface area contributed by atoms with E-state index < -0.39 is 22.0 Å². The van der Waals surface area contributed by atoms with Gasteiger partial charge in [0.2, 0.25) is 5.78 Å². The van der Waals surface area contributed by atoms with Gasteiger partial charge in [-0.3, -0.25) is 19.2 Å². The van der Waals surface area contributed by atoms with Crippen molar-refractivity contribution >= 4 is 51.3 Å². The topological polar surface area (TPSA) is 138 Å². The number of ether oxygens (including phenoxy) is 1. The van der Waals surface area contributed by atoms with Crippen LogP contribution in [0.25, 0.3) is 28.0 Å². The summed E-state index contributed by atoms with van der Waals surface area (Å²) in [6.45, 7) is 27.3. The van der Waals surface area contributed by atoms with Gasteiger partial charge in [0, 0.05) is 33.0 Å². The fourth-order valence-corrected chi connectivity index (χ4v) is 14.6. The van der Waals surface area contributed by atoms with E-state index in [1.165, 1.54) is 42.7 Å². The first-order chi connectivity index (χ1) is 31.5. The van der Waals surface area contributed by atoms with Crippen LogP contribution < -0.4 is 10.4 Å². The zero-order valence-electron chi connectivity index (χ0n) is 43.4. The van der Waals surface area contributed by atoms with E-state index in [4.69, 9.17) is 4.74 Å². The van der Waals surface area contributed by atoms with Crippen LogP contribution in [-0.4, -0.2) is 45.7 Å². The highest BCUT2D eigenvalue weighted by atomic mass is 16.5. The number of allylic oxidation sites excluding steroid dienone is 4. The molecule has 0 radical (unpaired) electrons. The highest BCUT2D eigenvalue weighted by molar-refractivity contribution is 6.22. The van der Waals surface area contributed by atoms with Crippen molar-refractivity contribution in [2.24, 2.45) is 38.4 Å². The van der Waals surface area contributed by atoms with Gasteiger partial charge in [-0.1, -0.05) is 83.9 Å². The first-order valence-corrected chi connectivity index (χ1v) is 25.2. The molecule has 6 aliphatic rings. The molecule has 0 aromatic heterocycles. The number of methoxy groups -OCH3 is 1. The van der Waals surface area contributed by atoms with Gasteiger partial charge in [0.05, 0.1) is 12.5 Å². The van der Waals surface area contributed by atoms with Gasteiger partial charge in [0.1, 0.15) is 5.78 Å². The number of esters is 1. The number of rotatable bonds is 5. The summed E-state index contributed by atoms with van der Waals surface area (Å²) in [5, 5.41) is 34.4. The molecule has 3 aromatic rings. The molecule has 7 atom stereocenters. The van der Waals surface area contributed by atoms with Gasteiger partial charge < -0.3 is 20.1 Å². The van der Waals surface area contributed by atoms with Crippen LogP contribution in [0.2, 0.25) is 0 Å². The molecule has 3 fully saturated rings. The second-order valence-electron chi connectivity index (χ2n) is 24.4. The number of aryl methyl sites for hydroxylation is 3. The van der Waals surface area contributed by atoms with Crippen molar-refractivity contribution in [3.05, 3.63) is 85.5 Å². The number of Topliss-reactive ketones (excluding diaryl/α,β-unsaturated/α-hetero) is 3. The van der Waals surface area contributed by atoms with Crippen molar-refractivity contribution in [1.82, 2.24) is 0 Å². The third kappa shape index (κ3) is 7.18. The average Bonchev–Trinajstić information content (AvgIpc) is 3.29. The number of carbonyl (C=O) groups excluding carboxylic acids is 4. The summed E-state index contributed by atoms with van der Waals surface area (Å²) in [7, 11) is 1.45. The van der Waals surface area contributed by atoms with Crippen molar-refractivity contribution in [2.75, 3.05) is 7.11 Å². The summed E-state index contributed by atoms with van der Waals surface area (Å²) in [4.78, 5) is 52.4. The number of aliphatic hydroxyl groups is 1. The Bertz CT molecular complexity index is 2930. The van der Waals surface area contributed by atoms with Crippen LogP contribution in [-0.2, 0) is 35.8 Å². The quantitative estimate of drug-likeness (QED) is 0.131. The maximum absolute atomic E-state index is 14.5. The second kappa shape index (κ2) is 16.3. The first kappa shape index (κ1) is 49.4. The number of phenolic OH excluding ortho intramolecular Hbond substituents is 2. The minimum atomic E-state index is -0.688. The van der Waals surface area contributed by atoms with Crippen LogP contribution in [0, 0.1) is 52.3 Å². The molecule has 3 saturated carbocycles. The summed E-state index contributed by atoms with van der Waals surface area (Å²) in [5.74, 6) is -0.469. The lowest BCUT2D eigenvalue weighted by Crippen LogP contribution is -2.66. The molecule has 0 bridgehead atoms. The molecule has 8 nitrogen and oxygen atoms in total. The van der Waals surface area contributed by atoms with Crippen molar-refractivity contribution in [3.8, 4) is 11.5 Å². The van der Waals surface area contributed by atoms with E-state index in [0.29, 0.717) is 23.4 Å². The molecule has 3 aromatic carbocycles. The molecule has 3 N–H and O–H groups in total. The van der Waals surface area contributed by atoms with Crippen molar-refractivity contribution < 1.29 is 39.2 Å².